The van der Waals surface area contributed by atoms with Gasteiger partial charge in [0.1, 0.15) is 12.1 Å². The van der Waals surface area contributed by atoms with E-state index in [1.807, 2.05) is 43.7 Å². The highest BCUT2D eigenvalue weighted by molar-refractivity contribution is 9.10. The lowest BCUT2D eigenvalue weighted by atomic mass is 10.2. The van der Waals surface area contributed by atoms with Crippen molar-refractivity contribution in [2.24, 2.45) is 0 Å². The van der Waals surface area contributed by atoms with Crippen LogP contribution in [0.4, 0.5) is 0 Å². The quantitative estimate of drug-likeness (QED) is 0.800. The second kappa shape index (κ2) is 4.72. The van der Waals surface area contributed by atoms with Crippen LogP contribution in [0.25, 0.3) is 11.0 Å². The molecule has 5 heteroatoms. The lowest BCUT2D eigenvalue weighted by Crippen LogP contribution is -2.26. The molecule has 0 radical (unpaired) electrons. The number of aromatic nitrogens is 2. The van der Waals surface area contributed by atoms with Gasteiger partial charge in [-0.3, -0.25) is 9.78 Å². The maximum absolute atomic E-state index is 11.8. The third-order valence-corrected chi connectivity index (χ3v) is 2.74. The zero-order valence-electron chi connectivity index (χ0n) is 10.6. The zero-order chi connectivity index (χ0) is 13.3. The first-order chi connectivity index (χ1) is 8.35. The number of fused-ring (bicyclic) bond motifs is 1. The van der Waals surface area contributed by atoms with Crippen molar-refractivity contribution in [3.63, 3.8) is 0 Å². The lowest BCUT2D eigenvalue weighted by Gasteiger charge is -2.19. The Bertz CT molecular complexity index is 584. The Hall–Kier alpha value is -1.36. The van der Waals surface area contributed by atoms with Crippen LogP contribution < -0.4 is 0 Å². The summed E-state index contributed by atoms with van der Waals surface area (Å²) in [4.78, 5) is 16.0. The number of hydrogen-bond acceptors (Lipinski definition) is 3. The summed E-state index contributed by atoms with van der Waals surface area (Å²) in [6.07, 6.45) is 3.58. The van der Waals surface area contributed by atoms with E-state index < -0.39 is 5.60 Å². The van der Waals surface area contributed by atoms with Crippen LogP contribution in [0.2, 0.25) is 0 Å². The summed E-state index contributed by atoms with van der Waals surface area (Å²) < 4.78 is 8.02. The first kappa shape index (κ1) is 13.1. The number of carbonyl (C=O) groups is 1. The van der Waals surface area contributed by atoms with Crippen molar-refractivity contribution in [2.75, 3.05) is 0 Å². The molecule has 2 heterocycles. The summed E-state index contributed by atoms with van der Waals surface area (Å²) in [7, 11) is 0. The van der Waals surface area contributed by atoms with Crippen LogP contribution in [0.3, 0.4) is 0 Å². The lowest BCUT2D eigenvalue weighted by molar-refractivity contribution is -0.155. The summed E-state index contributed by atoms with van der Waals surface area (Å²) in [5.41, 5.74) is 1.32. The Balaban J connectivity index is 2.22. The van der Waals surface area contributed by atoms with Crippen molar-refractivity contribution >= 4 is 32.9 Å². The van der Waals surface area contributed by atoms with Gasteiger partial charge < -0.3 is 9.30 Å². The van der Waals surface area contributed by atoms with Gasteiger partial charge in [-0.05, 0) is 48.8 Å². The number of nitrogens with zero attached hydrogens (tertiary/aromatic N) is 2. The molecule has 0 N–H and O–H groups in total. The van der Waals surface area contributed by atoms with E-state index in [1.165, 1.54) is 0 Å². The maximum atomic E-state index is 11.8. The molecule has 0 aliphatic rings. The fourth-order valence-electron chi connectivity index (χ4n) is 1.69. The second-order valence-corrected chi connectivity index (χ2v) is 6.00. The van der Waals surface area contributed by atoms with Crippen LogP contribution >= 0.6 is 15.9 Å². The summed E-state index contributed by atoms with van der Waals surface area (Å²) in [6, 6.07) is 3.82. The van der Waals surface area contributed by atoms with Crippen LogP contribution in [0.5, 0.6) is 0 Å². The molecule has 0 atom stereocenters. The minimum atomic E-state index is -0.459. The summed E-state index contributed by atoms with van der Waals surface area (Å²) in [5.74, 6) is -0.250. The topological polar surface area (TPSA) is 44.1 Å². The van der Waals surface area contributed by atoms with Crippen molar-refractivity contribution in [3.05, 3.63) is 29.0 Å². The van der Waals surface area contributed by atoms with Crippen LogP contribution in [-0.4, -0.2) is 21.1 Å². The number of ether oxygens (including phenoxy) is 1. The van der Waals surface area contributed by atoms with Gasteiger partial charge in [0.25, 0.3) is 0 Å². The number of esters is 1. The number of rotatable bonds is 2. The molecule has 4 nitrogen and oxygen atoms in total. The zero-order valence-corrected chi connectivity index (χ0v) is 12.2. The second-order valence-electron chi connectivity index (χ2n) is 5.09. The van der Waals surface area contributed by atoms with Gasteiger partial charge in [-0.25, -0.2) is 0 Å². The predicted octanol–water partition coefficient (Wildman–Crippen LogP) is 3.14. The van der Waals surface area contributed by atoms with Crippen LogP contribution in [0.1, 0.15) is 20.8 Å². The molecule has 0 fully saturated rings. The van der Waals surface area contributed by atoms with E-state index >= 15 is 0 Å². The molecule has 0 saturated heterocycles. The van der Waals surface area contributed by atoms with E-state index in [0.717, 1.165) is 15.5 Å². The highest BCUT2D eigenvalue weighted by Crippen LogP contribution is 2.18. The minimum Gasteiger partial charge on any atom is -0.459 e. The molecule has 2 aromatic heterocycles. The highest BCUT2D eigenvalue weighted by atomic mass is 79.9. The first-order valence-electron chi connectivity index (χ1n) is 5.67. The standard InChI is InChI=1S/C13H15BrN2O2/c1-13(2,3)18-12(17)8-16-5-4-10-11(16)6-9(14)7-15-10/h4-7H,8H2,1-3H3. The molecule has 18 heavy (non-hydrogen) atoms. The smallest absolute Gasteiger partial charge is 0.326 e. The molecule has 0 bridgehead atoms. The van der Waals surface area contributed by atoms with E-state index in [0.29, 0.717) is 0 Å². The Morgan fingerprint density at radius 1 is 1.50 bits per heavy atom. The summed E-state index contributed by atoms with van der Waals surface area (Å²) >= 11 is 3.37. The van der Waals surface area contributed by atoms with Gasteiger partial charge in [0.05, 0.1) is 11.0 Å². The van der Waals surface area contributed by atoms with E-state index in [1.54, 1.807) is 6.20 Å². The third kappa shape index (κ3) is 3.10. The van der Waals surface area contributed by atoms with E-state index in [-0.39, 0.29) is 12.5 Å². The molecule has 2 aromatic rings. The summed E-state index contributed by atoms with van der Waals surface area (Å²) in [5, 5.41) is 0. The molecule has 0 aliphatic heterocycles. The molecule has 0 amide bonds. The highest BCUT2D eigenvalue weighted by Gasteiger charge is 2.17. The third-order valence-electron chi connectivity index (χ3n) is 2.31. The molecule has 0 spiro atoms. The Labute approximate surface area is 114 Å². The van der Waals surface area contributed by atoms with E-state index in [4.69, 9.17) is 4.74 Å². The molecule has 0 aliphatic carbocycles. The van der Waals surface area contributed by atoms with Crippen molar-refractivity contribution in [3.8, 4) is 0 Å². The molecule has 0 aromatic carbocycles. The van der Waals surface area contributed by atoms with Crippen molar-refractivity contribution in [1.82, 2.24) is 9.55 Å². The van der Waals surface area contributed by atoms with Crippen molar-refractivity contribution in [2.45, 2.75) is 32.9 Å². The van der Waals surface area contributed by atoms with Crippen molar-refractivity contribution in [1.29, 1.82) is 0 Å². The largest absolute Gasteiger partial charge is 0.459 e. The minimum absolute atomic E-state index is 0.193. The Morgan fingerprint density at radius 2 is 2.22 bits per heavy atom. The molecular weight excluding hydrogens is 296 g/mol. The first-order valence-corrected chi connectivity index (χ1v) is 6.47. The van der Waals surface area contributed by atoms with Crippen LogP contribution in [-0.2, 0) is 16.1 Å². The molecule has 0 unspecified atom stereocenters. The van der Waals surface area contributed by atoms with Crippen LogP contribution in [0, 0.1) is 0 Å². The molecule has 0 saturated carbocycles. The normalized spacial score (nSPS) is 11.8. The molecule has 2 rings (SSSR count). The number of pyridine rings is 1. The van der Waals surface area contributed by atoms with E-state index in [2.05, 4.69) is 20.9 Å². The fourth-order valence-corrected chi connectivity index (χ4v) is 2.01. The van der Waals surface area contributed by atoms with Gasteiger partial charge in [0, 0.05) is 16.9 Å². The van der Waals surface area contributed by atoms with Crippen molar-refractivity contribution < 1.29 is 9.53 Å². The SMILES string of the molecule is CC(C)(C)OC(=O)Cn1ccc2ncc(Br)cc21. The van der Waals surface area contributed by atoms with Gasteiger partial charge in [0.2, 0.25) is 0 Å². The van der Waals surface area contributed by atoms with Gasteiger partial charge >= 0.3 is 5.97 Å². The fraction of sp³-hybridized carbons (Fsp3) is 0.385. The Kier molecular flexibility index (Phi) is 3.43. The van der Waals surface area contributed by atoms with E-state index in [9.17, 15) is 4.79 Å². The van der Waals surface area contributed by atoms with Gasteiger partial charge in [-0.15, -0.1) is 0 Å². The number of carbonyl (C=O) groups excluding carboxylic acids is 1. The van der Waals surface area contributed by atoms with Gasteiger partial charge in [-0.1, -0.05) is 0 Å². The number of hydrogen-bond donors (Lipinski definition) is 0. The molecule has 96 valence electrons. The van der Waals surface area contributed by atoms with Gasteiger partial charge in [-0.2, -0.15) is 0 Å². The predicted molar refractivity (Wildman–Crippen MR) is 73.3 cm³/mol. The van der Waals surface area contributed by atoms with Gasteiger partial charge in [0.15, 0.2) is 0 Å². The monoisotopic (exact) mass is 310 g/mol. The average molecular weight is 311 g/mol. The summed E-state index contributed by atoms with van der Waals surface area (Å²) in [6.45, 7) is 5.77. The molecular formula is C13H15BrN2O2. The number of halogens is 1. The average Bonchev–Trinajstić information content (AvgIpc) is 2.58. The Morgan fingerprint density at radius 3 is 2.89 bits per heavy atom. The van der Waals surface area contributed by atoms with Crippen LogP contribution in [0.15, 0.2) is 29.0 Å². The maximum Gasteiger partial charge on any atom is 0.326 e.